The van der Waals surface area contributed by atoms with Crippen molar-refractivity contribution in [2.24, 2.45) is 5.92 Å². The molecule has 1 aliphatic carbocycles. The van der Waals surface area contributed by atoms with E-state index in [1.165, 1.54) is 23.3 Å². The average molecular weight is 452 g/mol. The molecule has 0 radical (unpaired) electrons. The summed E-state index contributed by atoms with van der Waals surface area (Å²) in [6.07, 6.45) is 4.63. The van der Waals surface area contributed by atoms with Crippen LogP contribution in [0.2, 0.25) is 0 Å². The molecule has 0 saturated carbocycles. The van der Waals surface area contributed by atoms with Crippen molar-refractivity contribution in [3.63, 3.8) is 0 Å². The van der Waals surface area contributed by atoms with E-state index in [1.807, 2.05) is 4.57 Å². The zero-order chi connectivity index (χ0) is 21.1. The monoisotopic (exact) mass is 451 g/mol. The summed E-state index contributed by atoms with van der Waals surface area (Å²) in [5.41, 5.74) is 1.35. The number of thiophene rings is 1. The minimum atomic E-state index is 0.102. The molecule has 0 bridgehead atoms. The van der Waals surface area contributed by atoms with Crippen molar-refractivity contribution in [3.05, 3.63) is 20.8 Å². The fraction of sp³-hybridized carbons (Fsp3) is 0.727. The van der Waals surface area contributed by atoms with Gasteiger partial charge in [0.2, 0.25) is 0 Å². The minimum absolute atomic E-state index is 0.102. The number of aryl methyl sites for hydroxylation is 2. The van der Waals surface area contributed by atoms with Crippen LogP contribution in [0.4, 0.5) is 0 Å². The Bertz CT molecular complexity index is 924. The first kappa shape index (κ1) is 22.3. The number of nitrogens with zero attached hydrogens (tertiary/aromatic N) is 3. The van der Waals surface area contributed by atoms with Crippen LogP contribution >= 0.6 is 23.1 Å². The smallest absolute Gasteiger partial charge is 0.263 e. The van der Waals surface area contributed by atoms with Crippen LogP contribution in [0.25, 0.3) is 10.2 Å². The normalized spacial score (nSPS) is 20.2. The highest BCUT2D eigenvalue weighted by atomic mass is 32.2. The number of methoxy groups -OCH3 is 1. The van der Waals surface area contributed by atoms with E-state index in [4.69, 9.17) is 14.5 Å². The quantitative estimate of drug-likeness (QED) is 0.453. The van der Waals surface area contributed by atoms with Gasteiger partial charge in [0.05, 0.1) is 31.2 Å². The highest BCUT2D eigenvalue weighted by Crippen LogP contribution is 2.34. The second-order valence-corrected chi connectivity index (χ2v) is 10.8. The highest BCUT2D eigenvalue weighted by molar-refractivity contribution is 7.99. The maximum absolute atomic E-state index is 13.4. The lowest BCUT2D eigenvalue weighted by Gasteiger charge is -2.33. The van der Waals surface area contributed by atoms with Gasteiger partial charge in [0.15, 0.2) is 5.16 Å². The van der Waals surface area contributed by atoms with Crippen LogP contribution in [0.15, 0.2) is 9.95 Å². The molecule has 0 amide bonds. The van der Waals surface area contributed by atoms with Gasteiger partial charge in [-0.3, -0.25) is 14.3 Å². The van der Waals surface area contributed by atoms with Crippen LogP contribution in [0.3, 0.4) is 0 Å². The Hall–Kier alpha value is -0.930. The Morgan fingerprint density at radius 2 is 2.17 bits per heavy atom. The van der Waals surface area contributed by atoms with Gasteiger partial charge in [-0.05, 0) is 37.2 Å². The number of hydrogen-bond donors (Lipinski definition) is 0. The van der Waals surface area contributed by atoms with Crippen LogP contribution in [-0.2, 0) is 28.9 Å². The second kappa shape index (κ2) is 10.1. The molecule has 2 aliphatic rings. The molecule has 8 heteroatoms. The lowest BCUT2D eigenvalue weighted by atomic mass is 9.97. The Kier molecular flexibility index (Phi) is 7.52. The average Bonchev–Trinajstić information content (AvgIpc) is 3.10. The summed E-state index contributed by atoms with van der Waals surface area (Å²) in [5, 5.41) is 1.65. The summed E-state index contributed by atoms with van der Waals surface area (Å²) in [6.45, 7) is 9.39. The molecule has 3 heterocycles. The number of fused-ring (bicyclic) bond motifs is 3. The van der Waals surface area contributed by atoms with Crippen LogP contribution < -0.4 is 5.56 Å². The molecule has 4 rings (SSSR count). The van der Waals surface area contributed by atoms with E-state index in [0.717, 1.165) is 60.2 Å². The standard InChI is InChI=1S/C22H33N3O3S2/c1-15(2)12-24-8-11-28-16(13-24)14-29-22-23-20-19(21(26)25(22)9-10-27-3)17-6-4-5-7-18(17)30-20/h15-16H,4-14H2,1-3H3. The van der Waals surface area contributed by atoms with E-state index in [-0.39, 0.29) is 11.7 Å². The number of thioether (sulfide) groups is 1. The number of ether oxygens (including phenoxy) is 2. The van der Waals surface area contributed by atoms with E-state index >= 15 is 0 Å². The summed E-state index contributed by atoms with van der Waals surface area (Å²) < 4.78 is 13.1. The summed E-state index contributed by atoms with van der Waals surface area (Å²) in [7, 11) is 1.68. The van der Waals surface area contributed by atoms with E-state index in [2.05, 4.69) is 18.7 Å². The Labute approximate surface area is 187 Å². The zero-order valence-corrected chi connectivity index (χ0v) is 19.9. The first-order valence-electron chi connectivity index (χ1n) is 11.1. The fourth-order valence-corrected chi connectivity index (χ4v) is 6.77. The molecule has 1 atom stereocenters. The number of aromatic nitrogens is 2. The van der Waals surface area contributed by atoms with E-state index in [1.54, 1.807) is 30.2 Å². The molecule has 30 heavy (non-hydrogen) atoms. The van der Waals surface area contributed by atoms with Crippen molar-refractivity contribution in [2.75, 3.05) is 45.7 Å². The molecule has 1 saturated heterocycles. The lowest BCUT2D eigenvalue weighted by molar-refractivity contribution is -0.0191. The lowest BCUT2D eigenvalue weighted by Crippen LogP contribution is -2.44. The summed E-state index contributed by atoms with van der Waals surface area (Å²) in [4.78, 5) is 23.2. The first-order valence-corrected chi connectivity index (χ1v) is 12.9. The van der Waals surface area contributed by atoms with Gasteiger partial charge >= 0.3 is 0 Å². The third-order valence-corrected chi connectivity index (χ3v) is 8.10. The molecule has 0 aromatic carbocycles. The Balaban J connectivity index is 1.57. The van der Waals surface area contributed by atoms with Gasteiger partial charge in [0, 0.05) is 37.4 Å². The van der Waals surface area contributed by atoms with Gasteiger partial charge in [-0.1, -0.05) is 25.6 Å². The third-order valence-electron chi connectivity index (χ3n) is 5.80. The van der Waals surface area contributed by atoms with E-state index in [0.29, 0.717) is 19.1 Å². The predicted octanol–water partition coefficient (Wildman–Crippen LogP) is 3.43. The van der Waals surface area contributed by atoms with Gasteiger partial charge < -0.3 is 9.47 Å². The molecule has 1 unspecified atom stereocenters. The predicted molar refractivity (Wildman–Crippen MR) is 124 cm³/mol. The van der Waals surface area contributed by atoms with Crippen LogP contribution in [0, 0.1) is 5.92 Å². The molecule has 6 nitrogen and oxygen atoms in total. The Morgan fingerprint density at radius 1 is 1.33 bits per heavy atom. The number of morpholine rings is 1. The molecular formula is C22H33N3O3S2. The van der Waals surface area contributed by atoms with Crippen molar-refractivity contribution in [1.82, 2.24) is 14.5 Å². The maximum atomic E-state index is 13.4. The number of hydrogen-bond acceptors (Lipinski definition) is 7. The summed E-state index contributed by atoms with van der Waals surface area (Å²) in [5.74, 6) is 1.47. The van der Waals surface area contributed by atoms with Crippen molar-refractivity contribution in [2.45, 2.75) is 57.3 Å². The van der Waals surface area contributed by atoms with Crippen LogP contribution in [-0.4, -0.2) is 66.3 Å². The molecular weight excluding hydrogens is 418 g/mol. The van der Waals surface area contributed by atoms with Gasteiger partial charge in [-0.15, -0.1) is 11.3 Å². The number of rotatable bonds is 8. The van der Waals surface area contributed by atoms with Crippen molar-refractivity contribution >= 4 is 33.3 Å². The van der Waals surface area contributed by atoms with Gasteiger partial charge in [0.1, 0.15) is 4.83 Å². The van der Waals surface area contributed by atoms with Crippen LogP contribution in [0.1, 0.15) is 37.1 Å². The summed E-state index contributed by atoms with van der Waals surface area (Å²) in [6, 6.07) is 0. The molecule has 2 aromatic rings. The maximum Gasteiger partial charge on any atom is 0.263 e. The minimum Gasteiger partial charge on any atom is -0.383 e. The van der Waals surface area contributed by atoms with Gasteiger partial charge in [-0.2, -0.15) is 0 Å². The van der Waals surface area contributed by atoms with Crippen LogP contribution in [0.5, 0.6) is 0 Å². The zero-order valence-electron chi connectivity index (χ0n) is 18.3. The highest BCUT2D eigenvalue weighted by Gasteiger charge is 2.24. The fourth-order valence-electron chi connectivity index (χ4n) is 4.44. The second-order valence-electron chi connectivity index (χ2n) is 8.69. The van der Waals surface area contributed by atoms with Gasteiger partial charge in [0.25, 0.3) is 5.56 Å². The molecule has 166 valence electrons. The molecule has 0 spiro atoms. The SMILES string of the molecule is COCCn1c(SCC2CN(CC(C)C)CCO2)nc2sc3c(c2c1=O)CCCC3. The molecule has 0 N–H and O–H groups in total. The largest absolute Gasteiger partial charge is 0.383 e. The first-order chi connectivity index (χ1) is 14.6. The molecule has 2 aromatic heterocycles. The Morgan fingerprint density at radius 3 is 2.97 bits per heavy atom. The van der Waals surface area contributed by atoms with Crippen molar-refractivity contribution in [3.8, 4) is 0 Å². The summed E-state index contributed by atoms with van der Waals surface area (Å²) >= 11 is 3.37. The van der Waals surface area contributed by atoms with Crippen molar-refractivity contribution in [1.29, 1.82) is 0 Å². The van der Waals surface area contributed by atoms with E-state index < -0.39 is 0 Å². The topological polar surface area (TPSA) is 56.6 Å². The van der Waals surface area contributed by atoms with Crippen molar-refractivity contribution < 1.29 is 9.47 Å². The molecule has 1 fully saturated rings. The molecule has 1 aliphatic heterocycles. The van der Waals surface area contributed by atoms with Gasteiger partial charge in [-0.25, -0.2) is 4.98 Å². The van der Waals surface area contributed by atoms with E-state index in [9.17, 15) is 4.79 Å². The third kappa shape index (κ3) is 4.93.